The van der Waals surface area contributed by atoms with Gasteiger partial charge in [-0.25, -0.2) is 0 Å². The van der Waals surface area contributed by atoms with Crippen LogP contribution in [0.5, 0.6) is 11.5 Å². The highest BCUT2D eigenvalue weighted by Gasteiger charge is 2.14. The monoisotopic (exact) mass is 339 g/mol. The third kappa shape index (κ3) is 3.94. The molecular formula is C20H21NO4. The van der Waals surface area contributed by atoms with Gasteiger partial charge in [-0.05, 0) is 49.7 Å². The van der Waals surface area contributed by atoms with E-state index in [1.54, 1.807) is 25.5 Å². The topological polar surface area (TPSA) is 60.7 Å². The first-order valence-electron chi connectivity index (χ1n) is 8.16. The predicted octanol–water partition coefficient (Wildman–Crippen LogP) is 4.16. The number of hydrogen-bond donors (Lipinski definition) is 1. The summed E-state index contributed by atoms with van der Waals surface area (Å²) >= 11 is 0. The van der Waals surface area contributed by atoms with Crippen molar-refractivity contribution in [2.75, 3.05) is 7.11 Å². The standard InChI is InChI=1S/C20H21NO4/c1-13(2)25-19-11-15(10-18-17(19)7-8-24-18)20(22)21-12-14-5-4-6-16(9-14)23-3/h4-11,13H,12H2,1-3H3,(H,21,22). The largest absolute Gasteiger partial charge is 0.497 e. The number of nitrogens with one attached hydrogen (secondary N) is 1. The van der Waals surface area contributed by atoms with Gasteiger partial charge in [-0.1, -0.05) is 12.1 Å². The Labute approximate surface area is 146 Å². The summed E-state index contributed by atoms with van der Waals surface area (Å²) < 4.78 is 16.5. The van der Waals surface area contributed by atoms with E-state index in [9.17, 15) is 4.79 Å². The molecule has 0 saturated heterocycles. The minimum atomic E-state index is -0.185. The lowest BCUT2D eigenvalue weighted by atomic mass is 10.1. The Morgan fingerprint density at radius 2 is 2.04 bits per heavy atom. The number of benzene rings is 2. The molecule has 25 heavy (non-hydrogen) atoms. The summed E-state index contributed by atoms with van der Waals surface area (Å²) in [5.41, 5.74) is 2.09. The average molecular weight is 339 g/mol. The van der Waals surface area contributed by atoms with Gasteiger partial charge in [0.05, 0.1) is 24.9 Å². The zero-order chi connectivity index (χ0) is 17.8. The zero-order valence-electron chi connectivity index (χ0n) is 14.5. The number of carbonyl (C=O) groups excluding carboxylic acids is 1. The number of amides is 1. The van der Waals surface area contributed by atoms with Crippen LogP contribution in [0, 0.1) is 0 Å². The Morgan fingerprint density at radius 1 is 1.20 bits per heavy atom. The van der Waals surface area contributed by atoms with Crippen LogP contribution in [-0.2, 0) is 6.54 Å². The Balaban J connectivity index is 1.79. The fourth-order valence-corrected chi connectivity index (χ4v) is 2.59. The molecule has 1 N–H and O–H groups in total. The summed E-state index contributed by atoms with van der Waals surface area (Å²) in [5.74, 6) is 1.22. The van der Waals surface area contributed by atoms with E-state index < -0.39 is 0 Å². The Kier molecular flexibility index (Phi) is 4.93. The van der Waals surface area contributed by atoms with Crippen molar-refractivity contribution < 1.29 is 18.7 Å². The molecule has 2 aromatic carbocycles. The lowest BCUT2D eigenvalue weighted by Crippen LogP contribution is -2.23. The van der Waals surface area contributed by atoms with Gasteiger partial charge in [0, 0.05) is 12.1 Å². The molecule has 0 aliphatic carbocycles. The fourth-order valence-electron chi connectivity index (χ4n) is 2.59. The first-order valence-corrected chi connectivity index (χ1v) is 8.16. The van der Waals surface area contributed by atoms with Crippen LogP contribution in [0.1, 0.15) is 29.8 Å². The molecule has 0 aliphatic heterocycles. The number of fused-ring (bicyclic) bond motifs is 1. The first-order chi connectivity index (χ1) is 12.1. The maximum absolute atomic E-state index is 12.5. The molecule has 0 bridgehead atoms. The van der Waals surface area contributed by atoms with Crippen molar-refractivity contribution in [2.45, 2.75) is 26.5 Å². The van der Waals surface area contributed by atoms with Crippen molar-refractivity contribution >= 4 is 16.9 Å². The Bertz CT molecular complexity index is 882. The molecule has 0 radical (unpaired) electrons. The molecule has 0 fully saturated rings. The van der Waals surface area contributed by atoms with Crippen LogP contribution in [0.15, 0.2) is 53.1 Å². The van der Waals surface area contributed by atoms with Crippen LogP contribution in [0.2, 0.25) is 0 Å². The van der Waals surface area contributed by atoms with Gasteiger partial charge in [-0.15, -0.1) is 0 Å². The summed E-state index contributed by atoms with van der Waals surface area (Å²) in [7, 11) is 1.62. The van der Waals surface area contributed by atoms with E-state index in [2.05, 4.69) is 5.32 Å². The molecule has 0 saturated carbocycles. The maximum Gasteiger partial charge on any atom is 0.251 e. The number of rotatable bonds is 6. The minimum Gasteiger partial charge on any atom is -0.497 e. The van der Waals surface area contributed by atoms with Gasteiger partial charge < -0.3 is 19.2 Å². The maximum atomic E-state index is 12.5. The summed E-state index contributed by atoms with van der Waals surface area (Å²) in [5, 5.41) is 3.77. The van der Waals surface area contributed by atoms with E-state index in [0.717, 1.165) is 16.7 Å². The smallest absolute Gasteiger partial charge is 0.251 e. The van der Waals surface area contributed by atoms with E-state index in [1.807, 2.05) is 44.2 Å². The lowest BCUT2D eigenvalue weighted by molar-refractivity contribution is 0.0950. The van der Waals surface area contributed by atoms with Crippen molar-refractivity contribution in [3.63, 3.8) is 0 Å². The second-order valence-electron chi connectivity index (χ2n) is 6.01. The zero-order valence-corrected chi connectivity index (χ0v) is 14.5. The van der Waals surface area contributed by atoms with Crippen LogP contribution in [0.25, 0.3) is 11.0 Å². The molecule has 1 heterocycles. The molecule has 3 rings (SSSR count). The minimum absolute atomic E-state index is 0.00759. The SMILES string of the molecule is COc1cccc(CNC(=O)c2cc(OC(C)C)c3ccoc3c2)c1. The molecule has 130 valence electrons. The van der Waals surface area contributed by atoms with Crippen LogP contribution < -0.4 is 14.8 Å². The summed E-state index contributed by atoms with van der Waals surface area (Å²) in [6.07, 6.45) is 1.60. The van der Waals surface area contributed by atoms with Gasteiger partial charge in [0.15, 0.2) is 0 Å². The lowest BCUT2D eigenvalue weighted by Gasteiger charge is -2.12. The normalized spacial score (nSPS) is 10.9. The van der Waals surface area contributed by atoms with Crippen molar-refractivity contribution in [1.29, 1.82) is 0 Å². The fraction of sp³-hybridized carbons (Fsp3) is 0.250. The number of furan rings is 1. The van der Waals surface area contributed by atoms with Gasteiger partial charge in [-0.3, -0.25) is 4.79 Å². The molecule has 0 atom stereocenters. The summed E-state index contributed by atoms with van der Waals surface area (Å²) in [4.78, 5) is 12.5. The van der Waals surface area contributed by atoms with Crippen LogP contribution in [0.3, 0.4) is 0 Å². The second-order valence-corrected chi connectivity index (χ2v) is 6.01. The van der Waals surface area contributed by atoms with Gasteiger partial charge in [-0.2, -0.15) is 0 Å². The van der Waals surface area contributed by atoms with E-state index in [-0.39, 0.29) is 12.0 Å². The molecule has 3 aromatic rings. The summed E-state index contributed by atoms with van der Waals surface area (Å²) in [6, 6.07) is 12.9. The highest BCUT2D eigenvalue weighted by molar-refractivity contribution is 5.99. The molecule has 0 unspecified atom stereocenters. The van der Waals surface area contributed by atoms with E-state index in [4.69, 9.17) is 13.9 Å². The highest BCUT2D eigenvalue weighted by atomic mass is 16.5. The average Bonchev–Trinajstić information content (AvgIpc) is 3.08. The van der Waals surface area contributed by atoms with E-state index in [1.165, 1.54) is 0 Å². The molecule has 5 heteroatoms. The van der Waals surface area contributed by atoms with Crippen LogP contribution in [0.4, 0.5) is 0 Å². The third-order valence-corrected chi connectivity index (χ3v) is 3.75. The van der Waals surface area contributed by atoms with Gasteiger partial charge in [0.2, 0.25) is 0 Å². The van der Waals surface area contributed by atoms with Gasteiger partial charge >= 0.3 is 0 Å². The number of hydrogen-bond acceptors (Lipinski definition) is 4. The van der Waals surface area contributed by atoms with Crippen molar-refractivity contribution in [3.05, 3.63) is 59.9 Å². The van der Waals surface area contributed by atoms with Crippen LogP contribution in [-0.4, -0.2) is 19.1 Å². The Hall–Kier alpha value is -2.95. The molecule has 0 spiro atoms. The van der Waals surface area contributed by atoms with E-state index in [0.29, 0.717) is 23.4 Å². The quantitative estimate of drug-likeness (QED) is 0.732. The number of methoxy groups -OCH3 is 1. The molecule has 5 nitrogen and oxygen atoms in total. The van der Waals surface area contributed by atoms with Gasteiger partial charge in [0.25, 0.3) is 5.91 Å². The highest BCUT2D eigenvalue weighted by Crippen LogP contribution is 2.29. The van der Waals surface area contributed by atoms with Crippen LogP contribution >= 0.6 is 0 Å². The summed E-state index contributed by atoms with van der Waals surface area (Å²) in [6.45, 7) is 4.30. The van der Waals surface area contributed by atoms with Crippen molar-refractivity contribution in [1.82, 2.24) is 5.32 Å². The van der Waals surface area contributed by atoms with Gasteiger partial charge in [0.1, 0.15) is 17.1 Å². The second kappa shape index (κ2) is 7.30. The van der Waals surface area contributed by atoms with Crippen molar-refractivity contribution in [3.8, 4) is 11.5 Å². The molecule has 0 aliphatic rings. The molecular weight excluding hydrogens is 318 g/mol. The van der Waals surface area contributed by atoms with Crippen molar-refractivity contribution in [2.24, 2.45) is 0 Å². The number of carbonyl (C=O) groups is 1. The van der Waals surface area contributed by atoms with E-state index >= 15 is 0 Å². The molecule has 1 aromatic heterocycles. The Morgan fingerprint density at radius 3 is 2.80 bits per heavy atom. The number of ether oxygens (including phenoxy) is 2. The first kappa shape index (κ1) is 16.9. The predicted molar refractivity (Wildman–Crippen MR) is 96.1 cm³/mol. The third-order valence-electron chi connectivity index (χ3n) is 3.75. The molecule has 1 amide bonds.